The quantitative estimate of drug-likeness (QED) is 0.215. The highest BCUT2D eigenvalue weighted by Gasteiger charge is 2.47. The first-order valence-corrected chi connectivity index (χ1v) is 10.2. The summed E-state index contributed by atoms with van der Waals surface area (Å²) in [5, 5.41) is 47.7. The van der Waals surface area contributed by atoms with Crippen LogP contribution < -0.4 is 4.74 Å². The zero-order chi connectivity index (χ0) is 21.4. The third-order valence-corrected chi connectivity index (χ3v) is 5.05. The first-order chi connectivity index (χ1) is 13.8. The molecule has 1 aliphatic rings. The van der Waals surface area contributed by atoms with E-state index in [0.29, 0.717) is 0 Å². The van der Waals surface area contributed by atoms with E-state index in [-0.39, 0.29) is 11.9 Å². The smallest absolute Gasteiger partial charge is 0.343 e. The molecule has 1 saturated heterocycles. The Morgan fingerprint density at radius 2 is 1.59 bits per heavy atom. The van der Waals surface area contributed by atoms with E-state index in [1.54, 1.807) is 12.1 Å². The topological polar surface area (TPSA) is 137 Å². The summed E-state index contributed by atoms with van der Waals surface area (Å²) >= 11 is 0. The average Bonchev–Trinajstić information content (AvgIpc) is 2.69. The number of aryl methyl sites for hydroxylation is 1. The molecule has 1 fully saturated rings. The second-order valence-corrected chi connectivity index (χ2v) is 7.64. The Balaban J connectivity index is 1.74. The Morgan fingerprint density at radius 3 is 2.24 bits per heavy atom. The number of carbonyl (C=O) groups excluding carboxylic acids is 1. The summed E-state index contributed by atoms with van der Waals surface area (Å²) in [7, 11) is 0. The van der Waals surface area contributed by atoms with Gasteiger partial charge in [-0.25, -0.2) is 4.79 Å². The third-order valence-electron chi connectivity index (χ3n) is 5.05. The summed E-state index contributed by atoms with van der Waals surface area (Å²) in [6, 6.07) is 6.96. The number of hydrogen-bond donors (Lipinski definition) is 5. The van der Waals surface area contributed by atoms with Crippen LogP contribution in [0.2, 0.25) is 0 Å². The normalized spacial score (nSPS) is 28.1. The van der Waals surface area contributed by atoms with Crippen molar-refractivity contribution in [3.05, 3.63) is 29.8 Å². The fourth-order valence-corrected chi connectivity index (χ4v) is 3.25. The number of carbonyl (C=O) groups is 1. The van der Waals surface area contributed by atoms with Crippen molar-refractivity contribution in [3.63, 3.8) is 0 Å². The molecule has 1 aliphatic heterocycles. The predicted molar refractivity (Wildman–Crippen MR) is 104 cm³/mol. The molecule has 5 N–H and O–H groups in total. The molecule has 0 aromatic heterocycles. The highest BCUT2D eigenvalue weighted by molar-refractivity contribution is 5.78. The summed E-state index contributed by atoms with van der Waals surface area (Å²) < 4.78 is 10.0. The number of ether oxygens (including phenoxy) is 2. The Morgan fingerprint density at radius 1 is 0.966 bits per heavy atom. The molecule has 2 rings (SSSR count). The van der Waals surface area contributed by atoms with Gasteiger partial charge >= 0.3 is 5.97 Å². The number of hydrogen-bond acceptors (Lipinski definition) is 8. The first kappa shape index (κ1) is 23.7. The number of unbranched alkanes of at least 4 members (excludes halogenated alkanes) is 4. The monoisotopic (exact) mass is 412 g/mol. The molecule has 1 unspecified atom stereocenters. The Bertz CT molecular complexity index is 618. The van der Waals surface area contributed by atoms with Crippen molar-refractivity contribution < 1.29 is 39.8 Å². The van der Waals surface area contributed by atoms with Crippen molar-refractivity contribution in [3.8, 4) is 5.75 Å². The van der Waals surface area contributed by atoms with Crippen molar-refractivity contribution >= 4 is 5.97 Å². The van der Waals surface area contributed by atoms with Gasteiger partial charge in [-0.3, -0.25) is 0 Å². The SMILES string of the molecule is CC(O)CCCCCCCc1ccc(OC(=O)[C@H]2O[C@@H](O)[C@H](O)[C@@H](O)[C@@H]2O)cc1. The number of esters is 1. The van der Waals surface area contributed by atoms with E-state index in [4.69, 9.17) is 9.47 Å². The fourth-order valence-electron chi connectivity index (χ4n) is 3.25. The molecular formula is C21H32O8. The maximum Gasteiger partial charge on any atom is 0.343 e. The molecule has 164 valence electrons. The second kappa shape index (κ2) is 11.6. The maximum atomic E-state index is 12.2. The van der Waals surface area contributed by atoms with Gasteiger partial charge in [0.25, 0.3) is 0 Å². The van der Waals surface area contributed by atoms with Crippen LogP contribution in [0.3, 0.4) is 0 Å². The number of aliphatic hydroxyl groups is 5. The number of rotatable bonds is 10. The molecule has 8 heteroatoms. The van der Waals surface area contributed by atoms with E-state index in [1.165, 1.54) is 0 Å². The lowest BCUT2D eigenvalue weighted by molar-refractivity contribution is -0.279. The van der Waals surface area contributed by atoms with Gasteiger partial charge in [0, 0.05) is 0 Å². The van der Waals surface area contributed by atoms with Crippen LogP contribution in [0.15, 0.2) is 24.3 Å². The van der Waals surface area contributed by atoms with Gasteiger partial charge in [-0.05, 0) is 43.9 Å². The predicted octanol–water partition coefficient (Wildman–Crippen LogP) is 0.656. The Hall–Kier alpha value is -1.55. The Kier molecular flexibility index (Phi) is 9.48. The molecule has 8 nitrogen and oxygen atoms in total. The summed E-state index contributed by atoms with van der Waals surface area (Å²) in [6.45, 7) is 1.81. The van der Waals surface area contributed by atoms with Gasteiger partial charge in [-0.1, -0.05) is 37.8 Å². The molecule has 0 radical (unpaired) electrons. The molecule has 1 heterocycles. The molecule has 0 bridgehead atoms. The average molecular weight is 412 g/mol. The van der Waals surface area contributed by atoms with Crippen LogP contribution in [0.4, 0.5) is 0 Å². The van der Waals surface area contributed by atoms with Crippen molar-refractivity contribution in [2.45, 2.75) is 88.7 Å². The molecule has 6 atom stereocenters. The van der Waals surface area contributed by atoms with Gasteiger partial charge in [0.05, 0.1) is 6.10 Å². The van der Waals surface area contributed by atoms with Gasteiger partial charge in [-0.2, -0.15) is 0 Å². The molecule has 0 saturated carbocycles. The minimum Gasteiger partial charge on any atom is -0.425 e. The first-order valence-electron chi connectivity index (χ1n) is 10.2. The van der Waals surface area contributed by atoms with E-state index < -0.39 is 36.7 Å². The van der Waals surface area contributed by atoms with Gasteiger partial charge in [0.15, 0.2) is 12.4 Å². The molecule has 1 aromatic rings. The molecule has 0 aliphatic carbocycles. The van der Waals surface area contributed by atoms with Crippen LogP contribution in [0.25, 0.3) is 0 Å². The van der Waals surface area contributed by atoms with E-state index in [1.807, 2.05) is 19.1 Å². The summed E-state index contributed by atoms with van der Waals surface area (Å²) in [5.74, 6) is -0.713. The van der Waals surface area contributed by atoms with E-state index in [9.17, 15) is 30.3 Å². The van der Waals surface area contributed by atoms with E-state index in [0.717, 1.165) is 50.5 Å². The van der Waals surface area contributed by atoms with Gasteiger partial charge < -0.3 is 35.0 Å². The second-order valence-electron chi connectivity index (χ2n) is 7.64. The third kappa shape index (κ3) is 7.33. The molecule has 0 amide bonds. The highest BCUT2D eigenvalue weighted by atomic mass is 16.7. The molecular weight excluding hydrogens is 380 g/mol. The molecule has 0 spiro atoms. The standard InChI is InChI=1S/C21H32O8/c1-13(22)7-5-3-2-4-6-8-14-9-11-15(12-10-14)28-21(27)19-17(24)16(23)18(25)20(26)29-19/h9-13,16-20,22-26H,2-8H2,1H3/t13?,16-,17-,18+,19-,20+/m0/s1. The molecule has 1 aromatic carbocycles. The number of benzene rings is 1. The summed E-state index contributed by atoms with van der Waals surface area (Å²) in [4.78, 5) is 12.2. The minimum absolute atomic E-state index is 0.225. The summed E-state index contributed by atoms with van der Waals surface area (Å²) in [5.41, 5.74) is 1.11. The summed E-state index contributed by atoms with van der Waals surface area (Å²) in [6.07, 6.45) is -1.52. The van der Waals surface area contributed by atoms with Crippen molar-refractivity contribution in [1.29, 1.82) is 0 Å². The Labute approximate surface area is 170 Å². The van der Waals surface area contributed by atoms with Crippen LogP contribution in [-0.2, 0) is 16.0 Å². The minimum atomic E-state index is -1.79. The number of aliphatic hydroxyl groups excluding tert-OH is 5. The van der Waals surface area contributed by atoms with E-state index in [2.05, 4.69) is 0 Å². The fraction of sp³-hybridized carbons (Fsp3) is 0.667. The lowest BCUT2D eigenvalue weighted by atomic mass is 9.99. The lowest BCUT2D eigenvalue weighted by Crippen LogP contribution is -2.60. The van der Waals surface area contributed by atoms with Gasteiger partial charge in [0.2, 0.25) is 0 Å². The largest absolute Gasteiger partial charge is 0.425 e. The van der Waals surface area contributed by atoms with Crippen LogP contribution >= 0.6 is 0 Å². The highest BCUT2D eigenvalue weighted by Crippen LogP contribution is 2.22. The van der Waals surface area contributed by atoms with Gasteiger partial charge in [-0.15, -0.1) is 0 Å². The van der Waals surface area contributed by atoms with Gasteiger partial charge in [0.1, 0.15) is 24.1 Å². The zero-order valence-corrected chi connectivity index (χ0v) is 16.7. The van der Waals surface area contributed by atoms with Crippen LogP contribution in [0.5, 0.6) is 5.75 Å². The zero-order valence-electron chi connectivity index (χ0n) is 16.7. The van der Waals surface area contributed by atoms with Crippen molar-refractivity contribution in [2.75, 3.05) is 0 Å². The van der Waals surface area contributed by atoms with E-state index >= 15 is 0 Å². The van der Waals surface area contributed by atoms with Crippen LogP contribution in [0, 0.1) is 0 Å². The van der Waals surface area contributed by atoms with Crippen LogP contribution in [0.1, 0.15) is 51.0 Å². The van der Waals surface area contributed by atoms with Crippen molar-refractivity contribution in [1.82, 2.24) is 0 Å². The maximum absolute atomic E-state index is 12.2. The molecule has 29 heavy (non-hydrogen) atoms. The lowest BCUT2D eigenvalue weighted by Gasteiger charge is -2.36. The van der Waals surface area contributed by atoms with Crippen molar-refractivity contribution in [2.24, 2.45) is 0 Å². The van der Waals surface area contributed by atoms with Crippen LogP contribution in [-0.4, -0.2) is 68.3 Å².